The van der Waals surface area contributed by atoms with Gasteiger partial charge in [-0.3, -0.25) is 4.99 Å². The van der Waals surface area contributed by atoms with Crippen molar-refractivity contribution in [2.75, 3.05) is 27.3 Å². The Morgan fingerprint density at radius 2 is 2.04 bits per heavy atom. The molecule has 0 atom stereocenters. The highest BCUT2D eigenvalue weighted by molar-refractivity contribution is 14.0. The van der Waals surface area contributed by atoms with Crippen molar-refractivity contribution in [3.8, 4) is 5.88 Å². The summed E-state index contributed by atoms with van der Waals surface area (Å²) in [6, 6.07) is 3.85. The SMILES string of the molecule is CN=C(NCCCOC1CCCCC1)NCc1ccc(OC)nc1.I. The van der Waals surface area contributed by atoms with Gasteiger partial charge < -0.3 is 20.1 Å². The van der Waals surface area contributed by atoms with Gasteiger partial charge in [-0.1, -0.05) is 25.3 Å². The molecular weight excluding hydrogens is 431 g/mol. The molecule has 0 amide bonds. The molecule has 142 valence electrons. The molecule has 1 fully saturated rings. The first-order valence-electron chi connectivity index (χ1n) is 8.87. The van der Waals surface area contributed by atoms with Gasteiger partial charge in [0.25, 0.3) is 0 Å². The van der Waals surface area contributed by atoms with E-state index in [4.69, 9.17) is 9.47 Å². The van der Waals surface area contributed by atoms with Crippen molar-refractivity contribution in [1.82, 2.24) is 15.6 Å². The number of pyridine rings is 1. The number of rotatable bonds is 8. The normalized spacial score (nSPS) is 15.4. The predicted octanol–water partition coefficient (Wildman–Crippen LogP) is 3.11. The number of hydrogen-bond acceptors (Lipinski definition) is 4. The maximum absolute atomic E-state index is 5.93. The maximum atomic E-state index is 5.93. The molecule has 6 nitrogen and oxygen atoms in total. The zero-order valence-electron chi connectivity index (χ0n) is 15.3. The molecule has 1 saturated carbocycles. The third-order valence-corrected chi connectivity index (χ3v) is 4.21. The highest BCUT2D eigenvalue weighted by atomic mass is 127. The van der Waals surface area contributed by atoms with Crippen molar-refractivity contribution in [1.29, 1.82) is 0 Å². The summed E-state index contributed by atoms with van der Waals surface area (Å²) in [6.45, 7) is 2.35. The molecule has 7 heteroatoms. The maximum Gasteiger partial charge on any atom is 0.212 e. The van der Waals surface area contributed by atoms with Gasteiger partial charge >= 0.3 is 0 Å². The summed E-state index contributed by atoms with van der Waals surface area (Å²) in [5, 5.41) is 6.59. The Balaban J connectivity index is 0.00000312. The van der Waals surface area contributed by atoms with Crippen LogP contribution in [0.5, 0.6) is 5.88 Å². The van der Waals surface area contributed by atoms with Gasteiger partial charge in [0.15, 0.2) is 5.96 Å². The molecule has 1 aromatic heterocycles. The fraction of sp³-hybridized carbons (Fsp3) is 0.667. The molecule has 1 aliphatic carbocycles. The molecule has 25 heavy (non-hydrogen) atoms. The average Bonchev–Trinajstić information content (AvgIpc) is 2.65. The predicted molar refractivity (Wildman–Crippen MR) is 112 cm³/mol. The first-order valence-corrected chi connectivity index (χ1v) is 8.87. The monoisotopic (exact) mass is 462 g/mol. The van der Waals surface area contributed by atoms with Gasteiger partial charge in [0.1, 0.15) is 0 Å². The Morgan fingerprint density at radius 1 is 1.24 bits per heavy atom. The zero-order valence-corrected chi connectivity index (χ0v) is 17.6. The third-order valence-electron chi connectivity index (χ3n) is 4.21. The second-order valence-corrected chi connectivity index (χ2v) is 6.05. The number of aromatic nitrogens is 1. The third kappa shape index (κ3) is 8.71. The largest absolute Gasteiger partial charge is 0.481 e. The van der Waals surface area contributed by atoms with Crippen LogP contribution in [-0.2, 0) is 11.3 Å². The van der Waals surface area contributed by atoms with E-state index in [1.807, 2.05) is 12.1 Å². The molecule has 0 unspecified atom stereocenters. The molecule has 0 bridgehead atoms. The van der Waals surface area contributed by atoms with Crippen molar-refractivity contribution in [2.24, 2.45) is 4.99 Å². The van der Waals surface area contributed by atoms with E-state index < -0.39 is 0 Å². The molecule has 1 aromatic rings. The van der Waals surface area contributed by atoms with Crippen molar-refractivity contribution >= 4 is 29.9 Å². The van der Waals surface area contributed by atoms with Crippen molar-refractivity contribution in [3.63, 3.8) is 0 Å². The Labute approximate surface area is 168 Å². The van der Waals surface area contributed by atoms with Crippen LogP contribution < -0.4 is 15.4 Å². The molecule has 0 spiro atoms. The van der Waals surface area contributed by atoms with Crippen LogP contribution in [0.2, 0.25) is 0 Å². The van der Waals surface area contributed by atoms with E-state index in [0.29, 0.717) is 18.5 Å². The molecule has 0 radical (unpaired) electrons. The summed E-state index contributed by atoms with van der Waals surface area (Å²) in [7, 11) is 3.39. The van der Waals surface area contributed by atoms with Gasteiger partial charge in [-0.15, -0.1) is 24.0 Å². The van der Waals surface area contributed by atoms with Crippen LogP contribution in [0, 0.1) is 0 Å². The van der Waals surface area contributed by atoms with E-state index in [1.165, 1.54) is 32.1 Å². The lowest BCUT2D eigenvalue weighted by molar-refractivity contribution is 0.0277. The number of halogens is 1. The minimum atomic E-state index is 0. The van der Waals surface area contributed by atoms with Crippen LogP contribution in [0.15, 0.2) is 23.3 Å². The highest BCUT2D eigenvalue weighted by Gasteiger charge is 2.12. The molecule has 1 aliphatic rings. The Hall–Kier alpha value is -1.09. The van der Waals surface area contributed by atoms with Crippen LogP contribution in [0.1, 0.15) is 44.1 Å². The molecule has 2 rings (SSSR count). The molecule has 0 aromatic carbocycles. The zero-order chi connectivity index (χ0) is 17.0. The van der Waals surface area contributed by atoms with E-state index >= 15 is 0 Å². The summed E-state index contributed by atoms with van der Waals surface area (Å²) >= 11 is 0. The second-order valence-electron chi connectivity index (χ2n) is 6.05. The van der Waals surface area contributed by atoms with Crippen molar-refractivity contribution < 1.29 is 9.47 Å². The quantitative estimate of drug-likeness (QED) is 0.269. The van der Waals surface area contributed by atoms with Gasteiger partial charge in [0.2, 0.25) is 5.88 Å². The standard InChI is InChI=1S/C18H30N4O2.HI/c1-19-18(22-14-15-9-10-17(23-2)21-13-15)20-11-6-12-24-16-7-4-3-5-8-16;/h9-10,13,16H,3-8,11-12,14H2,1-2H3,(H2,19,20,22);1H. The van der Waals surface area contributed by atoms with Gasteiger partial charge in [-0.25, -0.2) is 4.98 Å². The summed E-state index contributed by atoms with van der Waals surface area (Å²) in [5.41, 5.74) is 1.08. The second kappa shape index (κ2) is 13.2. The van der Waals surface area contributed by atoms with Gasteiger partial charge in [0.05, 0.1) is 13.2 Å². The number of aliphatic imine (C=N–C) groups is 1. The first-order chi connectivity index (χ1) is 11.8. The van der Waals surface area contributed by atoms with Crippen molar-refractivity contribution in [2.45, 2.75) is 51.2 Å². The fourth-order valence-electron chi connectivity index (χ4n) is 2.80. The van der Waals surface area contributed by atoms with E-state index in [2.05, 4.69) is 20.6 Å². The van der Waals surface area contributed by atoms with Gasteiger partial charge in [-0.05, 0) is 24.8 Å². The van der Waals surface area contributed by atoms with Crippen LogP contribution in [0.4, 0.5) is 0 Å². The van der Waals surface area contributed by atoms with Gasteiger partial charge in [-0.2, -0.15) is 0 Å². The van der Waals surface area contributed by atoms with Crippen LogP contribution in [-0.4, -0.2) is 44.4 Å². The van der Waals surface area contributed by atoms with Crippen molar-refractivity contribution in [3.05, 3.63) is 23.9 Å². The van der Waals surface area contributed by atoms with Crippen LogP contribution in [0.25, 0.3) is 0 Å². The summed E-state index contributed by atoms with van der Waals surface area (Å²) < 4.78 is 11.0. The van der Waals surface area contributed by atoms with Crippen LogP contribution in [0.3, 0.4) is 0 Å². The van der Waals surface area contributed by atoms with E-state index in [9.17, 15) is 0 Å². The molecular formula is C18H31IN4O2. The molecule has 1 heterocycles. The lowest BCUT2D eigenvalue weighted by Crippen LogP contribution is -2.37. The summed E-state index contributed by atoms with van der Waals surface area (Å²) in [6.07, 6.45) is 9.74. The fourth-order valence-corrected chi connectivity index (χ4v) is 2.80. The number of methoxy groups -OCH3 is 1. The molecule has 0 aliphatic heterocycles. The summed E-state index contributed by atoms with van der Waals surface area (Å²) in [4.78, 5) is 8.43. The van der Waals surface area contributed by atoms with Crippen LogP contribution >= 0.6 is 24.0 Å². The number of nitrogens with one attached hydrogen (secondary N) is 2. The number of hydrogen-bond donors (Lipinski definition) is 2. The Morgan fingerprint density at radius 3 is 2.68 bits per heavy atom. The average molecular weight is 462 g/mol. The molecule has 0 saturated heterocycles. The molecule has 2 N–H and O–H groups in total. The smallest absolute Gasteiger partial charge is 0.212 e. The Kier molecular flexibility index (Phi) is 11.6. The van der Waals surface area contributed by atoms with E-state index in [1.54, 1.807) is 20.4 Å². The summed E-state index contributed by atoms with van der Waals surface area (Å²) in [5.74, 6) is 1.42. The minimum absolute atomic E-state index is 0. The van der Waals surface area contributed by atoms with E-state index in [0.717, 1.165) is 31.1 Å². The number of nitrogens with zero attached hydrogens (tertiary/aromatic N) is 2. The lowest BCUT2D eigenvalue weighted by Gasteiger charge is -2.22. The number of guanidine groups is 1. The first kappa shape index (κ1) is 22.0. The Bertz CT molecular complexity index is 490. The lowest BCUT2D eigenvalue weighted by atomic mass is 9.98. The minimum Gasteiger partial charge on any atom is -0.481 e. The highest BCUT2D eigenvalue weighted by Crippen LogP contribution is 2.20. The van der Waals surface area contributed by atoms with E-state index in [-0.39, 0.29) is 24.0 Å². The topological polar surface area (TPSA) is 67.8 Å². The van der Waals surface area contributed by atoms with Gasteiger partial charge in [0, 0.05) is 39.0 Å². The number of ether oxygens (including phenoxy) is 2.